The summed E-state index contributed by atoms with van der Waals surface area (Å²) in [6.45, 7) is 3.73. The molecule has 1 aromatic carbocycles. The smallest absolute Gasteiger partial charge is 0.212 e. The molecule has 3 rings (SSSR count). The van der Waals surface area contributed by atoms with Crippen LogP contribution in [0.4, 0.5) is 0 Å². The highest BCUT2D eigenvalue weighted by molar-refractivity contribution is 7.89. The predicted octanol–water partition coefficient (Wildman–Crippen LogP) is 2.73. The van der Waals surface area contributed by atoms with Crippen molar-refractivity contribution in [1.82, 2.24) is 15.0 Å². The summed E-state index contributed by atoms with van der Waals surface area (Å²) in [5.41, 5.74) is 4.50. The van der Waals surface area contributed by atoms with Gasteiger partial charge in [-0.3, -0.25) is 4.98 Å². The third kappa shape index (κ3) is 5.13. The average Bonchev–Trinajstić information content (AvgIpc) is 2.86. The van der Waals surface area contributed by atoms with Gasteiger partial charge >= 0.3 is 0 Å². The van der Waals surface area contributed by atoms with E-state index in [1.54, 1.807) is 6.20 Å². The third-order valence-corrected chi connectivity index (χ3v) is 6.27. The summed E-state index contributed by atoms with van der Waals surface area (Å²) in [6.07, 6.45) is 5.07. The molecule has 2 N–H and O–H groups in total. The Hall–Kier alpha value is -1.76. The maximum Gasteiger partial charge on any atom is 0.212 e. The van der Waals surface area contributed by atoms with Gasteiger partial charge < -0.3 is 5.32 Å². The molecule has 5 nitrogen and oxygen atoms in total. The number of fused-ring (bicyclic) bond motifs is 1. The molecule has 2 heterocycles. The number of aryl methyl sites for hydroxylation is 1. The van der Waals surface area contributed by atoms with Crippen molar-refractivity contribution < 1.29 is 8.42 Å². The molecule has 1 aliphatic rings. The maximum absolute atomic E-state index is 12.4. The summed E-state index contributed by atoms with van der Waals surface area (Å²) >= 11 is 0. The lowest BCUT2D eigenvalue weighted by molar-refractivity contribution is 0.551. The lowest BCUT2D eigenvalue weighted by Crippen LogP contribution is -2.32. The summed E-state index contributed by atoms with van der Waals surface area (Å²) in [7, 11) is -3.32. The standard InChI is InChI=1S/C20H27N3O2S/c1-2-12-26(24,25)23-20(14-19-7-3-4-11-22-19)17-9-8-16-6-5-10-21-15-18(16)13-17/h3-4,7-9,11,13,20-21,23H,2,5-6,10,12,14-15H2,1H3. The second-order valence-electron chi connectivity index (χ2n) is 6.82. The van der Waals surface area contributed by atoms with Crippen LogP contribution in [-0.2, 0) is 29.4 Å². The number of hydrogen-bond donors (Lipinski definition) is 2. The quantitative estimate of drug-likeness (QED) is 0.783. The molecule has 0 spiro atoms. The van der Waals surface area contributed by atoms with Crippen molar-refractivity contribution in [1.29, 1.82) is 0 Å². The Bertz CT molecular complexity index is 822. The fourth-order valence-electron chi connectivity index (χ4n) is 3.40. The minimum atomic E-state index is -3.32. The van der Waals surface area contributed by atoms with Gasteiger partial charge in [0.15, 0.2) is 0 Å². The normalized spacial score (nSPS) is 15.9. The fraction of sp³-hybridized carbons (Fsp3) is 0.450. The third-order valence-electron chi connectivity index (χ3n) is 4.68. The number of hydrogen-bond acceptors (Lipinski definition) is 4. The van der Waals surface area contributed by atoms with Gasteiger partial charge in [-0.25, -0.2) is 13.1 Å². The van der Waals surface area contributed by atoms with E-state index in [2.05, 4.69) is 33.2 Å². The van der Waals surface area contributed by atoms with Crippen molar-refractivity contribution in [3.05, 3.63) is 65.0 Å². The van der Waals surface area contributed by atoms with Crippen molar-refractivity contribution >= 4 is 10.0 Å². The number of rotatable bonds is 7. The van der Waals surface area contributed by atoms with Crippen molar-refractivity contribution in [2.24, 2.45) is 0 Å². The van der Waals surface area contributed by atoms with E-state index in [0.717, 1.165) is 37.2 Å². The Morgan fingerprint density at radius 1 is 1.23 bits per heavy atom. The van der Waals surface area contributed by atoms with Crippen LogP contribution >= 0.6 is 0 Å². The van der Waals surface area contributed by atoms with Crippen LogP contribution in [0.2, 0.25) is 0 Å². The van der Waals surface area contributed by atoms with Crippen LogP contribution in [0.5, 0.6) is 0 Å². The van der Waals surface area contributed by atoms with Crippen LogP contribution in [0, 0.1) is 0 Å². The van der Waals surface area contributed by atoms with Crippen molar-refractivity contribution in [3.8, 4) is 0 Å². The highest BCUT2D eigenvalue weighted by Gasteiger charge is 2.21. The van der Waals surface area contributed by atoms with E-state index in [-0.39, 0.29) is 11.8 Å². The number of nitrogens with one attached hydrogen (secondary N) is 2. The van der Waals surface area contributed by atoms with E-state index in [1.165, 1.54) is 11.1 Å². The second kappa shape index (κ2) is 8.75. The Morgan fingerprint density at radius 2 is 2.12 bits per heavy atom. The summed E-state index contributed by atoms with van der Waals surface area (Å²) in [4.78, 5) is 4.38. The van der Waals surface area contributed by atoms with Crippen LogP contribution in [0.25, 0.3) is 0 Å². The molecule has 0 radical (unpaired) electrons. The molecule has 0 fully saturated rings. The van der Waals surface area contributed by atoms with E-state index in [4.69, 9.17) is 0 Å². The van der Waals surface area contributed by atoms with Crippen molar-refractivity contribution in [3.63, 3.8) is 0 Å². The molecule has 6 heteroatoms. The molecule has 0 aliphatic carbocycles. The minimum absolute atomic E-state index is 0.137. The van der Waals surface area contributed by atoms with E-state index < -0.39 is 10.0 Å². The number of nitrogens with zero attached hydrogens (tertiary/aromatic N) is 1. The highest BCUT2D eigenvalue weighted by atomic mass is 32.2. The summed E-state index contributed by atoms with van der Waals surface area (Å²) < 4.78 is 27.7. The van der Waals surface area contributed by atoms with Gasteiger partial charge in [-0.2, -0.15) is 0 Å². The topological polar surface area (TPSA) is 71.1 Å². The zero-order valence-corrected chi connectivity index (χ0v) is 16.1. The molecule has 26 heavy (non-hydrogen) atoms. The van der Waals surface area contributed by atoms with Crippen LogP contribution in [0.3, 0.4) is 0 Å². The summed E-state index contributed by atoms with van der Waals surface area (Å²) in [5, 5.41) is 3.44. The van der Waals surface area contributed by atoms with Crippen molar-refractivity contribution in [2.75, 3.05) is 12.3 Å². The average molecular weight is 374 g/mol. The molecule has 0 saturated carbocycles. The van der Waals surface area contributed by atoms with E-state index >= 15 is 0 Å². The molecule has 0 bridgehead atoms. The number of benzene rings is 1. The van der Waals surface area contributed by atoms with Gasteiger partial charge in [0.2, 0.25) is 10.0 Å². The van der Waals surface area contributed by atoms with Gasteiger partial charge in [-0.1, -0.05) is 31.2 Å². The van der Waals surface area contributed by atoms with Crippen molar-refractivity contribution in [2.45, 2.75) is 45.2 Å². The lowest BCUT2D eigenvalue weighted by Gasteiger charge is -2.20. The van der Waals surface area contributed by atoms with Gasteiger partial charge in [0.25, 0.3) is 0 Å². The molecule has 1 atom stereocenters. The van der Waals surface area contributed by atoms with E-state index in [0.29, 0.717) is 12.8 Å². The zero-order valence-electron chi connectivity index (χ0n) is 15.2. The van der Waals surface area contributed by atoms with Gasteiger partial charge in [0.05, 0.1) is 11.8 Å². The van der Waals surface area contributed by atoms with Gasteiger partial charge in [0, 0.05) is 24.9 Å². The minimum Gasteiger partial charge on any atom is -0.313 e. The van der Waals surface area contributed by atoms with Gasteiger partial charge in [0.1, 0.15) is 0 Å². The molecular weight excluding hydrogens is 346 g/mol. The van der Waals surface area contributed by atoms with Crippen LogP contribution < -0.4 is 10.0 Å². The number of sulfonamides is 1. The first-order chi connectivity index (χ1) is 12.6. The highest BCUT2D eigenvalue weighted by Crippen LogP contribution is 2.24. The molecule has 1 unspecified atom stereocenters. The molecule has 140 valence electrons. The Labute approximate surface area is 156 Å². The van der Waals surface area contributed by atoms with Crippen LogP contribution in [0.15, 0.2) is 42.6 Å². The summed E-state index contributed by atoms with van der Waals surface area (Å²) in [6, 6.07) is 11.8. The molecule has 1 aliphatic heterocycles. The Kier molecular flexibility index (Phi) is 6.40. The van der Waals surface area contributed by atoms with E-state index in [1.807, 2.05) is 25.1 Å². The van der Waals surface area contributed by atoms with Gasteiger partial charge in [-0.05, 0) is 54.6 Å². The number of aromatic nitrogens is 1. The first-order valence-corrected chi connectivity index (χ1v) is 10.9. The Balaban J connectivity index is 1.90. The van der Waals surface area contributed by atoms with E-state index in [9.17, 15) is 8.42 Å². The molecule has 2 aromatic rings. The predicted molar refractivity (Wildman–Crippen MR) is 104 cm³/mol. The SMILES string of the molecule is CCCS(=O)(=O)NC(Cc1ccccn1)c1ccc2c(c1)CNCCC2. The van der Waals surface area contributed by atoms with Crippen LogP contribution in [0.1, 0.15) is 48.2 Å². The maximum atomic E-state index is 12.4. The van der Waals surface area contributed by atoms with Gasteiger partial charge in [-0.15, -0.1) is 0 Å². The molecule has 0 amide bonds. The first kappa shape index (κ1) is 19.0. The first-order valence-electron chi connectivity index (χ1n) is 9.30. The molecule has 1 aromatic heterocycles. The Morgan fingerprint density at radius 3 is 2.88 bits per heavy atom. The number of pyridine rings is 1. The lowest BCUT2D eigenvalue weighted by atomic mass is 9.96. The fourth-order valence-corrected chi connectivity index (χ4v) is 4.71. The largest absolute Gasteiger partial charge is 0.313 e. The second-order valence-corrected chi connectivity index (χ2v) is 8.70. The van der Waals surface area contributed by atoms with Crippen LogP contribution in [-0.4, -0.2) is 25.7 Å². The monoisotopic (exact) mass is 373 g/mol. The molecular formula is C20H27N3O2S. The zero-order chi connectivity index (χ0) is 18.4. The molecule has 0 saturated heterocycles. The summed E-state index contributed by atoms with van der Waals surface area (Å²) in [5.74, 6) is 0.137.